The highest BCUT2D eigenvalue weighted by Crippen LogP contribution is 2.21. The van der Waals surface area contributed by atoms with Gasteiger partial charge in [0, 0.05) is 5.41 Å². The summed E-state index contributed by atoms with van der Waals surface area (Å²) in [7, 11) is 0. The SMILES string of the molecule is Cc1nonc1C(C)(C)C. The van der Waals surface area contributed by atoms with Gasteiger partial charge in [-0.1, -0.05) is 31.1 Å². The summed E-state index contributed by atoms with van der Waals surface area (Å²) in [5.41, 5.74) is 1.87. The van der Waals surface area contributed by atoms with Crippen LogP contribution in [0.25, 0.3) is 0 Å². The molecule has 0 amide bonds. The first-order valence-corrected chi connectivity index (χ1v) is 3.31. The molecule has 0 fully saturated rings. The van der Waals surface area contributed by atoms with Crippen LogP contribution in [0.1, 0.15) is 32.2 Å². The second kappa shape index (κ2) is 2.08. The van der Waals surface area contributed by atoms with Gasteiger partial charge in [0.15, 0.2) is 0 Å². The number of aryl methyl sites for hydroxylation is 1. The van der Waals surface area contributed by atoms with Gasteiger partial charge in [-0.05, 0) is 6.92 Å². The van der Waals surface area contributed by atoms with Crippen molar-refractivity contribution in [3.8, 4) is 0 Å². The molecule has 0 saturated heterocycles. The quantitative estimate of drug-likeness (QED) is 0.550. The largest absolute Gasteiger partial charge is 0.244 e. The predicted molar refractivity (Wildman–Crippen MR) is 37.7 cm³/mol. The van der Waals surface area contributed by atoms with Crippen molar-refractivity contribution in [1.29, 1.82) is 0 Å². The molecular formula is C7H12N2O. The molecular weight excluding hydrogens is 128 g/mol. The van der Waals surface area contributed by atoms with E-state index in [2.05, 4.69) is 35.7 Å². The highest BCUT2D eigenvalue weighted by atomic mass is 16.6. The van der Waals surface area contributed by atoms with Crippen molar-refractivity contribution in [2.45, 2.75) is 33.1 Å². The van der Waals surface area contributed by atoms with Gasteiger partial charge in [-0.2, -0.15) is 0 Å². The van der Waals surface area contributed by atoms with Crippen molar-refractivity contribution >= 4 is 0 Å². The van der Waals surface area contributed by atoms with Gasteiger partial charge in [-0.15, -0.1) is 0 Å². The van der Waals surface area contributed by atoms with Crippen LogP contribution < -0.4 is 0 Å². The fourth-order valence-electron chi connectivity index (χ4n) is 0.911. The minimum absolute atomic E-state index is 0.0457. The Morgan fingerprint density at radius 2 is 1.80 bits per heavy atom. The summed E-state index contributed by atoms with van der Waals surface area (Å²) in [6, 6.07) is 0. The minimum Gasteiger partial charge on any atom is -0.244 e. The molecule has 1 aromatic rings. The molecule has 0 atom stereocenters. The van der Waals surface area contributed by atoms with Crippen LogP contribution in [0.3, 0.4) is 0 Å². The van der Waals surface area contributed by atoms with Gasteiger partial charge >= 0.3 is 0 Å². The topological polar surface area (TPSA) is 38.9 Å². The van der Waals surface area contributed by atoms with E-state index in [0.29, 0.717) is 0 Å². The second-order valence-electron chi connectivity index (χ2n) is 3.45. The summed E-state index contributed by atoms with van der Waals surface area (Å²) in [5.74, 6) is 0. The van der Waals surface area contributed by atoms with Crippen LogP contribution in [0.4, 0.5) is 0 Å². The zero-order valence-corrected chi connectivity index (χ0v) is 6.80. The predicted octanol–water partition coefficient (Wildman–Crippen LogP) is 1.68. The fourth-order valence-corrected chi connectivity index (χ4v) is 0.911. The van der Waals surface area contributed by atoms with E-state index in [4.69, 9.17) is 0 Å². The van der Waals surface area contributed by atoms with E-state index in [1.54, 1.807) is 0 Å². The molecule has 0 aromatic carbocycles. The van der Waals surface area contributed by atoms with E-state index in [9.17, 15) is 0 Å². The molecule has 3 nitrogen and oxygen atoms in total. The van der Waals surface area contributed by atoms with E-state index in [-0.39, 0.29) is 5.41 Å². The summed E-state index contributed by atoms with van der Waals surface area (Å²) < 4.78 is 4.57. The molecule has 0 spiro atoms. The van der Waals surface area contributed by atoms with Crippen molar-refractivity contribution < 1.29 is 4.63 Å². The van der Waals surface area contributed by atoms with Crippen molar-refractivity contribution in [2.24, 2.45) is 0 Å². The van der Waals surface area contributed by atoms with Crippen LogP contribution in [0.5, 0.6) is 0 Å². The third-order valence-electron chi connectivity index (χ3n) is 1.36. The van der Waals surface area contributed by atoms with E-state index in [1.165, 1.54) is 0 Å². The first-order valence-electron chi connectivity index (χ1n) is 3.31. The maximum Gasteiger partial charge on any atom is 0.113 e. The van der Waals surface area contributed by atoms with E-state index >= 15 is 0 Å². The lowest BCUT2D eigenvalue weighted by molar-refractivity contribution is 0.295. The van der Waals surface area contributed by atoms with Gasteiger partial charge in [0.05, 0.1) is 0 Å². The van der Waals surface area contributed by atoms with Crippen LogP contribution in [-0.4, -0.2) is 10.3 Å². The van der Waals surface area contributed by atoms with Crippen LogP contribution in [0.2, 0.25) is 0 Å². The molecule has 1 aromatic heterocycles. The Kier molecular flexibility index (Phi) is 1.50. The van der Waals surface area contributed by atoms with Crippen LogP contribution >= 0.6 is 0 Å². The number of nitrogens with zero attached hydrogens (tertiary/aromatic N) is 2. The first-order chi connectivity index (χ1) is 4.52. The van der Waals surface area contributed by atoms with Crippen LogP contribution in [-0.2, 0) is 5.41 Å². The Morgan fingerprint density at radius 1 is 1.20 bits per heavy atom. The number of rotatable bonds is 0. The van der Waals surface area contributed by atoms with Crippen molar-refractivity contribution in [3.05, 3.63) is 11.4 Å². The smallest absolute Gasteiger partial charge is 0.113 e. The minimum atomic E-state index is 0.0457. The van der Waals surface area contributed by atoms with Gasteiger partial charge in [0.25, 0.3) is 0 Å². The van der Waals surface area contributed by atoms with Crippen LogP contribution in [0, 0.1) is 6.92 Å². The normalized spacial score (nSPS) is 12.0. The average molecular weight is 140 g/mol. The molecule has 1 heterocycles. The maximum atomic E-state index is 4.57. The molecule has 3 heteroatoms. The summed E-state index contributed by atoms with van der Waals surface area (Å²) in [5, 5.41) is 7.50. The lowest BCUT2D eigenvalue weighted by Gasteiger charge is -2.13. The molecule has 0 radical (unpaired) electrons. The summed E-state index contributed by atoms with van der Waals surface area (Å²) in [6.07, 6.45) is 0. The monoisotopic (exact) mass is 140 g/mol. The summed E-state index contributed by atoms with van der Waals surface area (Å²) >= 11 is 0. The molecule has 56 valence electrons. The Morgan fingerprint density at radius 3 is 2.00 bits per heavy atom. The number of aromatic nitrogens is 2. The standard InChI is InChI=1S/C7H12N2O/c1-5-6(7(2,3)4)9-10-8-5/h1-4H3. The molecule has 0 aliphatic rings. The highest BCUT2D eigenvalue weighted by molar-refractivity contribution is 5.14. The summed E-state index contributed by atoms with van der Waals surface area (Å²) in [4.78, 5) is 0. The maximum absolute atomic E-state index is 4.57. The van der Waals surface area contributed by atoms with E-state index in [0.717, 1.165) is 11.4 Å². The Hall–Kier alpha value is -0.860. The molecule has 0 aliphatic heterocycles. The van der Waals surface area contributed by atoms with Crippen LogP contribution in [0.15, 0.2) is 4.63 Å². The summed E-state index contributed by atoms with van der Waals surface area (Å²) in [6.45, 7) is 8.15. The van der Waals surface area contributed by atoms with Gasteiger partial charge in [-0.25, -0.2) is 4.63 Å². The van der Waals surface area contributed by atoms with Crippen molar-refractivity contribution in [2.75, 3.05) is 0 Å². The Balaban J connectivity index is 3.05. The fraction of sp³-hybridized carbons (Fsp3) is 0.714. The number of hydrogen-bond acceptors (Lipinski definition) is 3. The zero-order chi connectivity index (χ0) is 7.78. The van der Waals surface area contributed by atoms with Gasteiger partial charge in [0.2, 0.25) is 0 Å². The third-order valence-corrected chi connectivity index (χ3v) is 1.36. The molecule has 0 saturated carbocycles. The molecule has 1 rings (SSSR count). The molecule has 0 bridgehead atoms. The Labute approximate surface area is 60.4 Å². The van der Waals surface area contributed by atoms with Crippen molar-refractivity contribution in [1.82, 2.24) is 10.3 Å². The highest BCUT2D eigenvalue weighted by Gasteiger charge is 2.20. The van der Waals surface area contributed by atoms with Gasteiger partial charge in [-0.3, -0.25) is 0 Å². The first kappa shape index (κ1) is 7.25. The average Bonchev–Trinajstić information content (AvgIpc) is 2.11. The molecule has 10 heavy (non-hydrogen) atoms. The number of hydrogen-bond donors (Lipinski definition) is 0. The van der Waals surface area contributed by atoms with Gasteiger partial charge in [0.1, 0.15) is 11.4 Å². The zero-order valence-electron chi connectivity index (χ0n) is 6.80. The molecule has 0 unspecified atom stereocenters. The second-order valence-corrected chi connectivity index (χ2v) is 3.45. The lowest BCUT2D eigenvalue weighted by atomic mass is 9.91. The van der Waals surface area contributed by atoms with Crippen molar-refractivity contribution in [3.63, 3.8) is 0 Å². The molecule has 0 N–H and O–H groups in total. The lowest BCUT2D eigenvalue weighted by Crippen LogP contribution is -2.12. The molecule has 0 aliphatic carbocycles. The Bertz CT molecular complexity index is 222. The van der Waals surface area contributed by atoms with Gasteiger partial charge < -0.3 is 0 Å². The van der Waals surface area contributed by atoms with E-state index < -0.39 is 0 Å². The third kappa shape index (κ3) is 1.17. The van der Waals surface area contributed by atoms with E-state index in [1.807, 2.05) is 6.92 Å².